The van der Waals surface area contributed by atoms with E-state index in [4.69, 9.17) is 0 Å². The van der Waals surface area contributed by atoms with Crippen molar-refractivity contribution in [2.75, 3.05) is 0 Å². The summed E-state index contributed by atoms with van der Waals surface area (Å²) in [7, 11) is 0. The van der Waals surface area contributed by atoms with Gasteiger partial charge in [0.05, 0.1) is 0 Å². The summed E-state index contributed by atoms with van der Waals surface area (Å²) < 4.78 is 4.38. The van der Waals surface area contributed by atoms with Crippen molar-refractivity contribution in [1.82, 2.24) is 30.2 Å². The first-order valence-electron chi connectivity index (χ1n) is 3.87. The molecule has 0 spiro atoms. The van der Waals surface area contributed by atoms with E-state index in [0.717, 1.165) is 0 Å². The van der Waals surface area contributed by atoms with Gasteiger partial charge in [0, 0.05) is 0 Å². The number of hydrogen-bond acceptors (Lipinski definition) is 7. The monoisotopic (exact) mass is 206 g/mol. The number of hydrogen-bond donors (Lipinski definition) is 2. The molecule has 9 heteroatoms. The van der Waals surface area contributed by atoms with Crippen molar-refractivity contribution < 1.29 is 4.63 Å². The summed E-state index contributed by atoms with van der Waals surface area (Å²) in [5.41, 5.74) is -1.02. The molecule has 0 aliphatic carbocycles. The van der Waals surface area contributed by atoms with Crippen molar-refractivity contribution in [2.45, 2.75) is 0 Å². The summed E-state index contributed by atoms with van der Waals surface area (Å²) in [4.78, 5) is 34.3. The highest BCUT2D eigenvalue weighted by molar-refractivity contribution is 5.77. The highest BCUT2D eigenvalue weighted by Gasteiger charge is 2.09. The summed E-state index contributed by atoms with van der Waals surface area (Å²) in [6.07, 6.45) is 0. The Balaban J connectivity index is 2.65. The Hall–Kier alpha value is -2.58. The minimum Gasteiger partial charge on any atom is -0.290 e. The van der Waals surface area contributed by atoms with Crippen LogP contribution < -0.4 is 11.2 Å². The smallest absolute Gasteiger partial charge is 0.290 e. The lowest BCUT2D eigenvalue weighted by molar-refractivity contribution is 0.314. The fraction of sp³-hybridized carbons (Fsp3) is 0. The van der Waals surface area contributed by atoms with Crippen molar-refractivity contribution in [2.24, 2.45) is 0 Å². The molecular weight excluding hydrogens is 204 g/mol. The van der Waals surface area contributed by atoms with Gasteiger partial charge in [0.2, 0.25) is 11.3 Å². The summed E-state index contributed by atoms with van der Waals surface area (Å²) in [5, 5.41) is 6.86. The van der Waals surface area contributed by atoms with Gasteiger partial charge in [0.25, 0.3) is 5.56 Å². The zero-order chi connectivity index (χ0) is 10.4. The molecule has 74 valence electrons. The van der Waals surface area contributed by atoms with E-state index in [1.807, 2.05) is 4.98 Å². The molecular formula is C6H2N6O3. The minimum absolute atomic E-state index is 0.0159. The number of aromatic nitrogens is 6. The number of nitrogens with one attached hydrogen (secondary N) is 2. The summed E-state index contributed by atoms with van der Waals surface area (Å²) in [5.74, 6) is 0. The standard InChI is InChI=1S/C6H2N6O3/c13-5-1-2(9-6(14)10-5)8-4-3(7-1)11-15-12-4/h(H2,8,9,10,12,13,14). The maximum Gasteiger partial charge on any atom is 0.327 e. The molecule has 3 aromatic rings. The lowest BCUT2D eigenvalue weighted by atomic mass is 10.5. The Morgan fingerprint density at radius 3 is 2.53 bits per heavy atom. The molecule has 3 heterocycles. The maximum atomic E-state index is 11.3. The molecule has 0 radical (unpaired) electrons. The average molecular weight is 206 g/mol. The van der Waals surface area contributed by atoms with Crippen LogP contribution in [0, 0.1) is 0 Å². The topological polar surface area (TPSA) is 130 Å². The van der Waals surface area contributed by atoms with Crippen molar-refractivity contribution in [1.29, 1.82) is 0 Å². The number of nitrogens with zero attached hydrogens (tertiary/aromatic N) is 4. The number of rotatable bonds is 0. The molecule has 0 aliphatic rings. The zero-order valence-corrected chi connectivity index (χ0v) is 7.01. The number of fused-ring (bicyclic) bond motifs is 2. The predicted octanol–water partition coefficient (Wildman–Crippen LogP) is -1.46. The Labute approximate surface area is 79.1 Å². The molecule has 9 nitrogen and oxygen atoms in total. The van der Waals surface area contributed by atoms with Crippen LogP contribution in [0.1, 0.15) is 0 Å². The van der Waals surface area contributed by atoms with E-state index in [-0.39, 0.29) is 22.5 Å². The normalized spacial score (nSPS) is 11.2. The first-order valence-corrected chi connectivity index (χ1v) is 3.87. The molecule has 2 N–H and O–H groups in total. The fourth-order valence-corrected chi connectivity index (χ4v) is 1.18. The van der Waals surface area contributed by atoms with E-state index < -0.39 is 11.2 Å². The lowest BCUT2D eigenvalue weighted by Crippen LogP contribution is -2.23. The molecule has 0 fully saturated rings. The van der Waals surface area contributed by atoms with Crippen LogP contribution in [-0.4, -0.2) is 30.2 Å². The van der Waals surface area contributed by atoms with Crippen molar-refractivity contribution >= 4 is 22.5 Å². The number of H-pyrrole nitrogens is 2. The molecule has 0 atom stereocenters. The molecule has 0 saturated carbocycles. The van der Waals surface area contributed by atoms with E-state index >= 15 is 0 Å². The van der Waals surface area contributed by atoms with Crippen molar-refractivity contribution in [3.05, 3.63) is 20.8 Å². The van der Waals surface area contributed by atoms with Gasteiger partial charge in [-0.05, 0) is 10.3 Å². The minimum atomic E-state index is -0.655. The van der Waals surface area contributed by atoms with Gasteiger partial charge in [-0.3, -0.25) is 14.8 Å². The third-order valence-electron chi connectivity index (χ3n) is 1.79. The summed E-state index contributed by atoms with van der Waals surface area (Å²) in [6, 6.07) is 0. The number of aromatic amines is 2. The first-order chi connectivity index (χ1) is 7.24. The maximum absolute atomic E-state index is 11.3. The van der Waals surface area contributed by atoms with Gasteiger partial charge >= 0.3 is 5.69 Å². The van der Waals surface area contributed by atoms with Crippen molar-refractivity contribution in [3.63, 3.8) is 0 Å². The van der Waals surface area contributed by atoms with Crippen LogP contribution in [0.2, 0.25) is 0 Å². The fourth-order valence-electron chi connectivity index (χ4n) is 1.18. The van der Waals surface area contributed by atoms with Crippen LogP contribution in [0.3, 0.4) is 0 Å². The summed E-state index contributed by atoms with van der Waals surface area (Å²) in [6.45, 7) is 0. The SMILES string of the molecule is O=c1[nH]c(=O)c2nc3nonc3nc2[nH]1. The van der Waals surface area contributed by atoms with Crippen LogP contribution >= 0.6 is 0 Å². The highest BCUT2D eigenvalue weighted by atomic mass is 16.6. The Kier molecular flexibility index (Phi) is 1.28. The van der Waals surface area contributed by atoms with Gasteiger partial charge in [0.15, 0.2) is 11.2 Å². The van der Waals surface area contributed by atoms with Crippen LogP contribution in [0.4, 0.5) is 0 Å². The van der Waals surface area contributed by atoms with Gasteiger partial charge in [-0.2, -0.15) is 0 Å². The second-order valence-electron chi connectivity index (χ2n) is 2.74. The van der Waals surface area contributed by atoms with Gasteiger partial charge in [-0.1, -0.05) is 0 Å². The Morgan fingerprint density at radius 2 is 1.73 bits per heavy atom. The second-order valence-corrected chi connectivity index (χ2v) is 2.74. The van der Waals surface area contributed by atoms with E-state index in [9.17, 15) is 9.59 Å². The molecule has 0 amide bonds. The predicted molar refractivity (Wildman–Crippen MR) is 46.1 cm³/mol. The van der Waals surface area contributed by atoms with Crippen molar-refractivity contribution in [3.8, 4) is 0 Å². The van der Waals surface area contributed by atoms with Gasteiger partial charge in [0.1, 0.15) is 0 Å². The van der Waals surface area contributed by atoms with E-state index in [1.165, 1.54) is 0 Å². The Morgan fingerprint density at radius 1 is 1.00 bits per heavy atom. The van der Waals surface area contributed by atoms with Gasteiger partial charge < -0.3 is 0 Å². The average Bonchev–Trinajstić information content (AvgIpc) is 2.61. The van der Waals surface area contributed by atoms with Crippen LogP contribution in [0.5, 0.6) is 0 Å². The Bertz CT molecular complexity index is 767. The molecule has 3 aromatic heterocycles. The van der Waals surface area contributed by atoms with E-state index in [0.29, 0.717) is 0 Å². The van der Waals surface area contributed by atoms with E-state index in [2.05, 4.69) is 29.9 Å². The third-order valence-corrected chi connectivity index (χ3v) is 1.79. The zero-order valence-electron chi connectivity index (χ0n) is 7.01. The second kappa shape index (κ2) is 2.47. The molecule has 0 saturated heterocycles. The molecule has 15 heavy (non-hydrogen) atoms. The molecule has 0 bridgehead atoms. The molecule has 0 aromatic carbocycles. The highest BCUT2D eigenvalue weighted by Crippen LogP contribution is 2.05. The third kappa shape index (κ3) is 1.03. The quantitative estimate of drug-likeness (QED) is 0.459. The molecule has 0 unspecified atom stereocenters. The van der Waals surface area contributed by atoms with Crippen LogP contribution in [-0.2, 0) is 0 Å². The van der Waals surface area contributed by atoms with Crippen LogP contribution in [0.25, 0.3) is 22.5 Å². The van der Waals surface area contributed by atoms with E-state index in [1.54, 1.807) is 0 Å². The largest absolute Gasteiger partial charge is 0.327 e. The lowest BCUT2D eigenvalue weighted by Gasteiger charge is -1.91. The first kappa shape index (κ1) is 7.79. The van der Waals surface area contributed by atoms with Gasteiger partial charge in [-0.25, -0.2) is 19.4 Å². The summed E-state index contributed by atoms with van der Waals surface area (Å²) >= 11 is 0. The molecule has 3 rings (SSSR count). The van der Waals surface area contributed by atoms with Crippen LogP contribution in [0.15, 0.2) is 14.2 Å². The molecule has 0 aliphatic heterocycles. The van der Waals surface area contributed by atoms with Gasteiger partial charge in [-0.15, -0.1) is 0 Å².